The van der Waals surface area contributed by atoms with Gasteiger partial charge < -0.3 is 4.90 Å². The molecule has 3 aromatic rings. The van der Waals surface area contributed by atoms with E-state index in [1.54, 1.807) is 34.3 Å². The van der Waals surface area contributed by atoms with E-state index in [1.807, 2.05) is 41.1 Å². The third-order valence-electron chi connectivity index (χ3n) is 3.02. The summed E-state index contributed by atoms with van der Waals surface area (Å²) in [5, 5.41) is 4.04. The first kappa shape index (κ1) is 12.7. The Labute approximate surface area is 120 Å². The number of nitrogens with zero attached hydrogens (tertiary/aromatic N) is 3. The number of rotatable bonds is 3. The third kappa shape index (κ3) is 2.50. The van der Waals surface area contributed by atoms with Gasteiger partial charge in [-0.25, -0.2) is 19.9 Å². The predicted octanol–water partition coefficient (Wildman–Crippen LogP) is 2.89. The fourth-order valence-corrected chi connectivity index (χ4v) is 2.62. The van der Waals surface area contributed by atoms with Crippen LogP contribution in [-0.4, -0.2) is 27.6 Å². The van der Waals surface area contributed by atoms with Crippen molar-refractivity contribution in [3.63, 3.8) is 0 Å². The van der Waals surface area contributed by atoms with Gasteiger partial charge in [0.15, 0.2) is 0 Å². The highest BCUT2D eigenvalue weighted by atomic mass is 32.1. The lowest BCUT2D eigenvalue weighted by Crippen LogP contribution is -2.35. The Morgan fingerprint density at radius 1 is 1.40 bits per heavy atom. The molecule has 102 valence electrons. The van der Waals surface area contributed by atoms with Crippen LogP contribution >= 0.6 is 11.3 Å². The van der Waals surface area contributed by atoms with Crippen LogP contribution in [0.4, 0.5) is 4.79 Å². The summed E-state index contributed by atoms with van der Waals surface area (Å²) < 4.78 is 1.64. The quantitative estimate of drug-likeness (QED) is 0.805. The Bertz CT molecular complexity index is 720. The standard InChI is InChI=1S/C14H14N4OS/c1-17(8-11-6-7-20-9-11)14(19)16-18-10-15-12-4-2-3-5-13(12)18/h2-7,9-10H,8H2,1H3,(H,16,19). The molecule has 2 aromatic heterocycles. The van der Waals surface area contributed by atoms with Gasteiger partial charge >= 0.3 is 6.03 Å². The number of fused-ring (bicyclic) bond motifs is 1. The van der Waals surface area contributed by atoms with Crippen LogP contribution in [0.3, 0.4) is 0 Å². The van der Waals surface area contributed by atoms with Crippen LogP contribution in [0.2, 0.25) is 0 Å². The zero-order valence-electron chi connectivity index (χ0n) is 11.0. The third-order valence-corrected chi connectivity index (χ3v) is 3.75. The maximum Gasteiger partial charge on any atom is 0.336 e. The number of urea groups is 1. The van der Waals surface area contributed by atoms with E-state index >= 15 is 0 Å². The molecule has 20 heavy (non-hydrogen) atoms. The first-order valence-corrected chi connectivity index (χ1v) is 7.13. The first-order chi connectivity index (χ1) is 9.74. The topological polar surface area (TPSA) is 50.2 Å². The highest BCUT2D eigenvalue weighted by Crippen LogP contribution is 2.11. The van der Waals surface area contributed by atoms with Crippen LogP contribution in [0.1, 0.15) is 5.56 Å². The van der Waals surface area contributed by atoms with E-state index in [2.05, 4.69) is 10.4 Å². The molecular weight excluding hydrogens is 272 g/mol. The minimum Gasteiger partial charge on any atom is -0.322 e. The number of hydrogen-bond acceptors (Lipinski definition) is 3. The summed E-state index contributed by atoms with van der Waals surface area (Å²) in [5.41, 5.74) is 5.68. The molecule has 3 rings (SSSR count). The Balaban J connectivity index is 1.72. The van der Waals surface area contributed by atoms with Crippen molar-refractivity contribution in [3.8, 4) is 0 Å². The number of benzene rings is 1. The van der Waals surface area contributed by atoms with Gasteiger partial charge in [0.25, 0.3) is 0 Å². The van der Waals surface area contributed by atoms with E-state index in [0.29, 0.717) is 6.54 Å². The lowest BCUT2D eigenvalue weighted by atomic mass is 10.3. The predicted molar refractivity (Wildman–Crippen MR) is 80.3 cm³/mol. The average molecular weight is 286 g/mol. The minimum absolute atomic E-state index is 0.167. The van der Waals surface area contributed by atoms with E-state index in [4.69, 9.17) is 0 Å². The Kier molecular flexibility index (Phi) is 3.39. The summed E-state index contributed by atoms with van der Waals surface area (Å²) in [7, 11) is 1.77. The van der Waals surface area contributed by atoms with Crippen LogP contribution in [0, 0.1) is 0 Å². The molecule has 0 bridgehead atoms. The second kappa shape index (κ2) is 5.34. The van der Waals surface area contributed by atoms with Crippen LogP contribution in [0.15, 0.2) is 47.4 Å². The van der Waals surface area contributed by atoms with Crippen LogP contribution in [-0.2, 0) is 6.54 Å². The normalized spacial score (nSPS) is 10.7. The number of para-hydroxylation sites is 2. The molecule has 0 aliphatic rings. The molecule has 1 aromatic carbocycles. The van der Waals surface area contributed by atoms with E-state index in [9.17, 15) is 4.79 Å². The number of nitrogens with one attached hydrogen (secondary N) is 1. The minimum atomic E-state index is -0.167. The van der Waals surface area contributed by atoms with Gasteiger partial charge in [0.05, 0.1) is 11.0 Å². The summed E-state index contributed by atoms with van der Waals surface area (Å²) in [6.07, 6.45) is 1.61. The fourth-order valence-electron chi connectivity index (χ4n) is 1.96. The highest BCUT2D eigenvalue weighted by molar-refractivity contribution is 7.07. The van der Waals surface area contributed by atoms with Gasteiger partial charge in [-0.2, -0.15) is 11.3 Å². The van der Waals surface area contributed by atoms with Crippen molar-refractivity contribution in [1.82, 2.24) is 14.6 Å². The monoisotopic (exact) mass is 286 g/mol. The van der Waals surface area contributed by atoms with Crippen molar-refractivity contribution >= 4 is 28.4 Å². The summed E-state index contributed by atoms with van der Waals surface area (Å²) in [6, 6.07) is 9.51. The van der Waals surface area contributed by atoms with Gasteiger partial charge in [-0.3, -0.25) is 0 Å². The maximum absolute atomic E-state index is 12.1. The first-order valence-electron chi connectivity index (χ1n) is 6.19. The Morgan fingerprint density at radius 3 is 3.05 bits per heavy atom. The van der Waals surface area contributed by atoms with Gasteiger partial charge in [0, 0.05) is 13.6 Å². The van der Waals surface area contributed by atoms with E-state index in [1.165, 1.54) is 0 Å². The summed E-state index contributed by atoms with van der Waals surface area (Å²) in [4.78, 5) is 18.0. The van der Waals surface area contributed by atoms with E-state index in [-0.39, 0.29) is 6.03 Å². The molecule has 6 heteroatoms. The number of hydrogen-bond donors (Lipinski definition) is 1. The molecule has 0 saturated carbocycles. The van der Waals surface area contributed by atoms with Gasteiger partial charge in [-0.05, 0) is 34.5 Å². The second-order valence-electron chi connectivity index (χ2n) is 4.51. The molecule has 1 N–H and O–H groups in total. The van der Waals surface area contributed by atoms with E-state index in [0.717, 1.165) is 16.6 Å². The van der Waals surface area contributed by atoms with Crippen molar-refractivity contribution in [1.29, 1.82) is 0 Å². The van der Waals surface area contributed by atoms with Crippen molar-refractivity contribution < 1.29 is 4.79 Å². The molecule has 2 heterocycles. The largest absolute Gasteiger partial charge is 0.336 e. The second-order valence-corrected chi connectivity index (χ2v) is 5.29. The van der Waals surface area contributed by atoms with Gasteiger partial charge in [0.1, 0.15) is 6.33 Å². The molecule has 0 aliphatic heterocycles. The lowest BCUT2D eigenvalue weighted by molar-refractivity contribution is 0.218. The lowest BCUT2D eigenvalue weighted by Gasteiger charge is -2.17. The zero-order chi connectivity index (χ0) is 13.9. The molecule has 0 atom stereocenters. The smallest absolute Gasteiger partial charge is 0.322 e. The van der Waals surface area contributed by atoms with Crippen LogP contribution in [0.5, 0.6) is 0 Å². The number of amides is 2. The van der Waals surface area contributed by atoms with Crippen molar-refractivity contribution in [2.45, 2.75) is 6.54 Å². The number of aromatic nitrogens is 2. The van der Waals surface area contributed by atoms with E-state index < -0.39 is 0 Å². The SMILES string of the molecule is CN(Cc1ccsc1)C(=O)Nn1cnc2ccccc21. The number of thiophene rings is 1. The molecule has 0 saturated heterocycles. The average Bonchev–Trinajstić information content (AvgIpc) is 3.09. The van der Waals surface area contributed by atoms with Gasteiger partial charge in [-0.1, -0.05) is 12.1 Å². The Hall–Kier alpha value is -2.34. The number of imidazole rings is 1. The van der Waals surface area contributed by atoms with Crippen molar-refractivity contribution in [2.24, 2.45) is 0 Å². The summed E-state index contributed by atoms with van der Waals surface area (Å²) >= 11 is 1.63. The molecule has 2 amide bonds. The maximum atomic E-state index is 12.1. The van der Waals surface area contributed by atoms with Gasteiger partial charge in [-0.15, -0.1) is 0 Å². The summed E-state index contributed by atoms with van der Waals surface area (Å²) in [6.45, 7) is 0.585. The molecule has 0 spiro atoms. The number of carbonyl (C=O) groups is 1. The molecule has 0 fully saturated rings. The molecule has 5 nitrogen and oxygen atoms in total. The van der Waals surface area contributed by atoms with Crippen molar-refractivity contribution in [2.75, 3.05) is 12.5 Å². The molecule has 0 unspecified atom stereocenters. The van der Waals surface area contributed by atoms with Crippen LogP contribution < -0.4 is 5.43 Å². The Morgan fingerprint density at radius 2 is 2.25 bits per heavy atom. The number of carbonyl (C=O) groups excluding carboxylic acids is 1. The van der Waals surface area contributed by atoms with Crippen molar-refractivity contribution in [3.05, 3.63) is 53.0 Å². The summed E-state index contributed by atoms with van der Waals surface area (Å²) in [5.74, 6) is 0. The molecule has 0 aliphatic carbocycles. The zero-order valence-corrected chi connectivity index (χ0v) is 11.8. The van der Waals surface area contributed by atoms with Gasteiger partial charge in [0.2, 0.25) is 0 Å². The van der Waals surface area contributed by atoms with Crippen LogP contribution in [0.25, 0.3) is 11.0 Å². The molecular formula is C14H14N4OS. The highest BCUT2D eigenvalue weighted by Gasteiger charge is 2.11. The molecule has 0 radical (unpaired) electrons. The fraction of sp³-hybridized carbons (Fsp3) is 0.143.